The summed E-state index contributed by atoms with van der Waals surface area (Å²) in [5.41, 5.74) is 1.22. The molecule has 1 amide bonds. The van der Waals surface area contributed by atoms with Gasteiger partial charge in [0.25, 0.3) is 5.56 Å². The molecule has 2 aromatic carbocycles. The Morgan fingerprint density at radius 2 is 1.70 bits per heavy atom. The molecule has 30 heavy (non-hydrogen) atoms. The summed E-state index contributed by atoms with van der Waals surface area (Å²) in [4.78, 5) is 25.4. The predicted molar refractivity (Wildman–Crippen MR) is 113 cm³/mol. The van der Waals surface area contributed by atoms with Crippen LogP contribution in [0.3, 0.4) is 0 Å². The fourth-order valence-electron chi connectivity index (χ4n) is 3.34. The zero-order chi connectivity index (χ0) is 21.1. The summed E-state index contributed by atoms with van der Waals surface area (Å²) in [5, 5.41) is 3.50. The summed E-state index contributed by atoms with van der Waals surface area (Å²) in [6, 6.07) is 17.0. The topological polar surface area (TPSA) is 65.3 Å². The van der Waals surface area contributed by atoms with Crippen LogP contribution in [0.1, 0.15) is 5.56 Å². The van der Waals surface area contributed by atoms with Gasteiger partial charge in [-0.1, -0.05) is 18.2 Å². The van der Waals surface area contributed by atoms with E-state index in [4.69, 9.17) is 4.74 Å². The van der Waals surface area contributed by atoms with Crippen LogP contribution in [0.15, 0.2) is 77.9 Å². The molecule has 0 bridgehead atoms. The van der Waals surface area contributed by atoms with E-state index < -0.39 is 0 Å². The maximum absolute atomic E-state index is 14.0. The molecule has 0 saturated heterocycles. The summed E-state index contributed by atoms with van der Waals surface area (Å²) >= 11 is 0. The molecule has 0 spiro atoms. The number of nitrogens with zero attached hydrogens (tertiary/aromatic N) is 2. The molecule has 7 heteroatoms. The van der Waals surface area contributed by atoms with Crippen LogP contribution in [0, 0.1) is 5.82 Å². The number of aromatic nitrogens is 2. The molecule has 0 unspecified atom stereocenters. The Hall–Kier alpha value is -3.87. The number of benzene rings is 2. The standard InChI is InChI=1S/C23H20FN3O3/c1-30-19-8-6-18(7-9-19)25-21(28)15-27-13-11-16-10-12-26(22(16)23(27)29)14-17-4-2-3-5-20(17)24/h2-13H,14-15H2,1H3,(H,25,28). The lowest BCUT2D eigenvalue weighted by Gasteiger charge is -2.10. The number of ether oxygens (including phenoxy) is 1. The van der Waals surface area contributed by atoms with E-state index in [0.717, 1.165) is 5.39 Å². The number of halogens is 1. The molecule has 4 rings (SSSR count). The fourth-order valence-corrected chi connectivity index (χ4v) is 3.34. The van der Waals surface area contributed by atoms with Crippen molar-refractivity contribution in [3.8, 4) is 5.75 Å². The molecule has 2 aromatic heterocycles. The number of fused-ring (bicyclic) bond motifs is 1. The highest BCUT2D eigenvalue weighted by Crippen LogP contribution is 2.17. The third-order valence-electron chi connectivity index (χ3n) is 4.88. The summed E-state index contributed by atoms with van der Waals surface area (Å²) in [7, 11) is 1.57. The minimum absolute atomic E-state index is 0.133. The van der Waals surface area contributed by atoms with Crippen molar-refractivity contribution in [2.45, 2.75) is 13.1 Å². The van der Waals surface area contributed by atoms with E-state index in [-0.39, 0.29) is 30.4 Å². The summed E-state index contributed by atoms with van der Waals surface area (Å²) in [6.45, 7) is 0.0964. The van der Waals surface area contributed by atoms with Crippen molar-refractivity contribution in [1.29, 1.82) is 0 Å². The molecule has 0 radical (unpaired) electrons. The predicted octanol–water partition coefficient (Wildman–Crippen LogP) is 3.64. The minimum Gasteiger partial charge on any atom is -0.497 e. The van der Waals surface area contributed by atoms with Gasteiger partial charge in [0.1, 0.15) is 23.6 Å². The van der Waals surface area contributed by atoms with Crippen LogP contribution in [0.2, 0.25) is 0 Å². The van der Waals surface area contributed by atoms with E-state index >= 15 is 0 Å². The first-order valence-corrected chi connectivity index (χ1v) is 9.41. The number of hydrogen-bond acceptors (Lipinski definition) is 3. The largest absolute Gasteiger partial charge is 0.497 e. The highest BCUT2D eigenvalue weighted by atomic mass is 19.1. The number of pyridine rings is 1. The van der Waals surface area contributed by atoms with Crippen molar-refractivity contribution in [3.63, 3.8) is 0 Å². The van der Waals surface area contributed by atoms with E-state index in [2.05, 4.69) is 5.32 Å². The van der Waals surface area contributed by atoms with Crippen LogP contribution in [-0.2, 0) is 17.9 Å². The third kappa shape index (κ3) is 3.96. The lowest BCUT2D eigenvalue weighted by atomic mass is 10.2. The average Bonchev–Trinajstić information content (AvgIpc) is 3.16. The molecule has 6 nitrogen and oxygen atoms in total. The van der Waals surface area contributed by atoms with Crippen LogP contribution >= 0.6 is 0 Å². The summed E-state index contributed by atoms with van der Waals surface area (Å²) in [5.74, 6) is 0.0357. The Balaban J connectivity index is 1.57. The van der Waals surface area contributed by atoms with Crippen LogP contribution in [0.25, 0.3) is 10.9 Å². The molecule has 1 N–H and O–H groups in total. The maximum Gasteiger partial charge on any atom is 0.275 e. The average molecular weight is 405 g/mol. The first kappa shape index (κ1) is 19.4. The van der Waals surface area contributed by atoms with E-state index in [1.54, 1.807) is 78.7 Å². The van der Waals surface area contributed by atoms with E-state index in [9.17, 15) is 14.0 Å². The van der Waals surface area contributed by atoms with Crippen molar-refractivity contribution < 1.29 is 13.9 Å². The number of amides is 1. The van der Waals surface area contributed by atoms with Gasteiger partial charge in [0.15, 0.2) is 0 Å². The van der Waals surface area contributed by atoms with Crippen LogP contribution in [-0.4, -0.2) is 22.2 Å². The van der Waals surface area contributed by atoms with E-state index in [1.165, 1.54) is 10.6 Å². The van der Waals surface area contributed by atoms with Gasteiger partial charge in [-0.2, -0.15) is 0 Å². The molecule has 0 atom stereocenters. The first-order chi connectivity index (χ1) is 14.5. The first-order valence-electron chi connectivity index (χ1n) is 9.41. The highest BCUT2D eigenvalue weighted by molar-refractivity contribution is 5.90. The van der Waals surface area contributed by atoms with Gasteiger partial charge in [0.05, 0.1) is 13.7 Å². The second-order valence-electron chi connectivity index (χ2n) is 6.86. The summed E-state index contributed by atoms with van der Waals surface area (Å²) in [6.07, 6.45) is 3.34. The van der Waals surface area contributed by atoms with Crippen molar-refractivity contribution in [2.24, 2.45) is 0 Å². The van der Waals surface area contributed by atoms with Gasteiger partial charge in [0.2, 0.25) is 5.91 Å². The molecule has 0 aliphatic carbocycles. The molecule has 0 saturated carbocycles. The van der Waals surface area contributed by atoms with Gasteiger partial charge in [-0.15, -0.1) is 0 Å². The molecule has 0 aliphatic rings. The van der Waals surface area contributed by atoms with Gasteiger partial charge < -0.3 is 19.2 Å². The quantitative estimate of drug-likeness (QED) is 0.533. The zero-order valence-corrected chi connectivity index (χ0v) is 16.3. The molecule has 0 fully saturated rings. The fraction of sp³-hybridized carbons (Fsp3) is 0.130. The Bertz CT molecular complexity index is 1260. The SMILES string of the molecule is COc1ccc(NC(=O)Cn2ccc3ccn(Cc4ccccc4F)c3c2=O)cc1. The molecule has 0 aliphatic heterocycles. The van der Waals surface area contributed by atoms with Crippen LogP contribution < -0.4 is 15.6 Å². The molecule has 4 aromatic rings. The summed E-state index contributed by atoms with van der Waals surface area (Å²) < 4.78 is 22.2. The third-order valence-corrected chi connectivity index (χ3v) is 4.88. The second kappa shape index (κ2) is 8.24. The van der Waals surface area contributed by atoms with Crippen molar-refractivity contribution >= 4 is 22.5 Å². The minimum atomic E-state index is -0.325. The zero-order valence-electron chi connectivity index (χ0n) is 16.3. The number of hydrogen-bond donors (Lipinski definition) is 1. The second-order valence-corrected chi connectivity index (χ2v) is 6.86. The van der Waals surface area contributed by atoms with Crippen molar-refractivity contribution in [3.05, 3.63) is 94.8 Å². The maximum atomic E-state index is 14.0. The van der Waals surface area contributed by atoms with Gasteiger partial charge in [-0.3, -0.25) is 9.59 Å². The van der Waals surface area contributed by atoms with Gasteiger partial charge >= 0.3 is 0 Å². The highest BCUT2D eigenvalue weighted by Gasteiger charge is 2.12. The number of carbonyl (C=O) groups is 1. The Kier molecular flexibility index (Phi) is 5.34. The van der Waals surface area contributed by atoms with Gasteiger partial charge in [0, 0.05) is 29.0 Å². The Labute approximate surface area is 172 Å². The number of carbonyl (C=O) groups excluding carboxylic acids is 1. The smallest absolute Gasteiger partial charge is 0.275 e. The molecule has 152 valence electrons. The number of rotatable bonds is 6. The number of anilines is 1. The monoisotopic (exact) mass is 405 g/mol. The normalized spacial score (nSPS) is 10.9. The lowest BCUT2D eigenvalue weighted by Crippen LogP contribution is -2.28. The molecular formula is C23H20FN3O3. The number of methoxy groups -OCH3 is 1. The molecule has 2 heterocycles. The van der Waals surface area contributed by atoms with E-state index in [0.29, 0.717) is 22.5 Å². The van der Waals surface area contributed by atoms with Crippen LogP contribution in [0.5, 0.6) is 5.75 Å². The van der Waals surface area contributed by atoms with Crippen molar-refractivity contribution in [1.82, 2.24) is 9.13 Å². The van der Waals surface area contributed by atoms with Gasteiger partial charge in [-0.05, 0) is 42.5 Å². The van der Waals surface area contributed by atoms with Gasteiger partial charge in [-0.25, -0.2) is 4.39 Å². The van der Waals surface area contributed by atoms with Crippen molar-refractivity contribution in [2.75, 3.05) is 12.4 Å². The Morgan fingerprint density at radius 1 is 1.00 bits per heavy atom. The number of nitrogens with one attached hydrogen (secondary N) is 1. The lowest BCUT2D eigenvalue weighted by molar-refractivity contribution is -0.116. The van der Waals surface area contributed by atoms with Crippen LogP contribution in [0.4, 0.5) is 10.1 Å². The molecular weight excluding hydrogens is 385 g/mol. The van der Waals surface area contributed by atoms with E-state index in [1.807, 2.05) is 0 Å². The Morgan fingerprint density at radius 3 is 2.40 bits per heavy atom.